The van der Waals surface area contributed by atoms with Gasteiger partial charge in [-0.3, -0.25) is 4.57 Å². The van der Waals surface area contributed by atoms with Crippen molar-refractivity contribution in [1.82, 2.24) is 14.1 Å². The third-order valence-corrected chi connectivity index (χ3v) is 11.8. The molecule has 304 valence electrons. The van der Waals surface area contributed by atoms with Crippen LogP contribution in [0.1, 0.15) is 38.7 Å². The molecule has 0 amide bonds. The Morgan fingerprint density at radius 2 is 1.25 bits per heavy atom. The second kappa shape index (κ2) is 15.2. The molecule has 0 atom stereocenters. The first-order valence-corrected chi connectivity index (χ1v) is 20.1. The van der Waals surface area contributed by atoms with Crippen molar-refractivity contribution in [3.63, 3.8) is 0 Å². The van der Waals surface area contributed by atoms with Crippen LogP contribution in [0.25, 0.3) is 83.4 Å². The molecular weight excluding hydrogens is 952 g/mol. The Kier molecular flexibility index (Phi) is 7.03. The fourth-order valence-corrected chi connectivity index (χ4v) is 8.98. The summed E-state index contributed by atoms with van der Waals surface area (Å²) in [6.45, 7) is 4.49. The van der Waals surface area contributed by atoms with Crippen molar-refractivity contribution in [2.24, 2.45) is 0 Å². The summed E-state index contributed by atoms with van der Waals surface area (Å²) >= 11 is 0. The Morgan fingerprint density at radius 3 is 2.03 bits per heavy atom. The van der Waals surface area contributed by atoms with E-state index in [1.807, 2.05) is 60.8 Å². The molecule has 1 aliphatic rings. The minimum atomic E-state index is -0.572. The van der Waals surface area contributed by atoms with E-state index < -0.39 is 60.4 Å². The van der Waals surface area contributed by atoms with Gasteiger partial charge in [0.25, 0.3) is 6.33 Å². The van der Waals surface area contributed by atoms with E-state index in [2.05, 4.69) is 79.3 Å². The zero-order valence-corrected chi connectivity index (χ0v) is 36.0. The standard InChI is InChI=1S/C57H38N4O.Pt/c1-57(2)49-27-11-9-23-45(49)48-36-58-55(35-50(48)57)61-51-28-12-10-24-46(51)47-32-31-42(34-54(47)61)62-41-22-15-21-40(33-41)59-37-60(53-30-14-13-29-52(53)59)56-43(38-17-5-3-6-18-38)25-16-26-44(56)39-19-7-4-8-20-39;/h3-32,35-36H,1-2H3;/q-2;/i3D,4D,5D,6D,7D,8D,17D,18D,19D,20D;. The molecule has 0 aliphatic heterocycles. The van der Waals surface area contributed by atoms with Gasteiger partial charge in [-0.2, -0.15) is 18.2 Å². The van der Waals surface area contributed by atoms with Crippen LogP contribution < -0.4 is 9.30 Å². The number of rotatable bonds is 7. The number of hydrogen-bond acceptors (Lipinski definition) is 2. The van der Waals surface area contributed by atoms with Crippen molar-refractivity contribution >= 4 is 32.8 Å². The van der Waals surface area contributed by atoms with Gasteiger partial charge in [-0.25, -0.2) is 4.98 Å². The van der Waals surface area contributed by atoms with Crippen molar-refractivity contribution in [2.75, 3.05) is 0 Å². The monoisotopic (exact) mass is 999 g/mol. The molecule has 0 unspecified atom stereocenters. The number of pyridine rings is 1. The molecule has 12 rings (SSSR count). The molecule has 5 nitrogen and oxygen atoms in total. The first kappa shape index (κ1) is 29.1. The predicted octanol–water partition coefficient (Wildman–Crippen LogP) is 13.2. The van der Waals surface area contributed by atoms with Crippen LogP contribution in [0, 0.1) is 18.5 Å². The summed E-state index contributed by atoms with van der Waals surface area (Å²) in [5.74, 6) is 1.55. The minimum absolute atomic E-state index is 0. The van der Waals surface area contributed by atoms with E-state index in [4.69, 9.17) is 23.4 Å². The number of fused-ring (bicyclic) bond motifs is 7. The second-order valence-electron chi connectivity index (χ2n) is 15.7. The largest absolute Gasteiger partial charge is 0.510 e. The number of nitrogens with zero attached hydrogens (tertiary/aromatic N) is 4. The quantitative estimate of drug-likeness (QED) is 0.118. The molecule has 0 bridgehead atoms. The van der Waals surface area contributed by atoms with Crippen LogP contribution in [0.15, 0.2) is 194 Å². The third-order valence-electron chi connectivity index (χ3n) is 11.8. The van der Waals surface area contributed by atoms with Crippen LogP contribution in [0.3, 0.4) is 0 Å². The topological polar surface area (TPSA) is 35.9 Å². The number of aromatic nitrogens is 4. The molecule has 0 N–H and O–H groups in total. The van der Waals surface area contributed by atoms with Crippen molar-refractivity contribution in [2.45, 2.75) is 19.3 Å². The molecule has 11 aromatic rings. The predicted molar refractivity (Wildman–Crippen MR) is 248 cm³/mol. The van der Waals surface area contributed by atoms with E-state index in [1.54, 1.807) is 39.5 Å². The van der Waals surface area contributed by atoms with Crippen molar-refractivity contribution in [3.8, 4) is 62.1 Å². The molecule has 1 aliphatic carbocycles. The van der Waals surface area contributed by atoms with E-state index in [0.29, 0.717) is 28.2 Å². The summed E-state index contributed by atoms with van der Waals surface area (Å²) in [7, 11) is 0. The fraction of sp³-hybridized carbons (Fsp3) is 0.0526. The van der Waals surface area contributed by atoms with Gasteiger partial charge in [-0.05, 0) is 62.2 Å². The van der Waals surface area contributed by atoms with E-state index in [9.17, 15) is 0 Å². The molecular formula is C57H38N4OPt-2. The molecule has 0 saturated heterocycles. The van der Waals surface area contributed by atoms with E-state index in [-0.39, 0.29) is 54.4 Å². The van der Waals surface area contributed by atoms with Gasteiger partial charge in [0, 0.05) is 55.3 Å². The molecule has 0 saturated carbocycles. The average molecular weight is 1000 g/mol. The summed E-state index contributed by atoms with van der Waals surface area (Å²) in [5.41, 5.74) is 8.10. The molecule has 3 heterocycles. The third kappa shape index (κ3) is 6.26. The average Bonchev–Trinajstić information content (AvgIpc) is 4.01. The Hall–Kier alpha value is -7.33. The van der Waals surface area contributed by atoms with Gasteiger partial charge < -0.3 is 13.9 Å². The molecule has 0 spiro atoms. The van der Waals surface area contributed by atoms with Gasteiger partial charge in [0.2, 0.25) is 0 Å². The number of hydrogen-bond donors (Lipinski definition) is 0. The van der Waals surface area contributed by atoms with E-state index in [0.717, 1.165) is 33.2 Å². The molecule has 0 fully saturated rings. The summed E-state index contributed by atoms with van der Waals surface area (Å²) in [4.78, 5) is 5.05. The van der Waals surface area contributed by atoms with Gasteiger partial charge in [0.15, 0.2) is 0 Å². The van der Waals surface area contributed by atoms with Crippen LogP contribution in [-0.4, -0.2) is 14.1 Å². The summed E-state index contributed by atoms with van der Waals surface area (Å²) in [5, 5.41) is 2.02. The first-order chi connectivity index (χ1) is 34.6. The minimum Gasteiger partial charge on any atom is -0.510 e. The van der Waals surface area contributed by atoms with E-state index >= 15 is 0 Å². The smallest absolute Gasteiger partial charge is 0.268 e. The van der Waals surface area contributed by atoms with Crippen LogP contribution in [0.2, 0.25) is 0 Å². The molecule has 0 radical (unpaired) electrons. The Balaban J connectivity index is 0.00000574. The van der Waals surface area contributed by atoms with Crippen LogP contribution >= 0.6 is 0 Å². The number of ether oxygens (including phenoxy) is 1. The maximum absolute atomic E-state index is 9.02. The van der Waals surface area contributed by atoms with Crippen molar-refractivity contribution < 1.29 is 44.1 Å². The molecule has 8 aromatic carbocycles. The van der Waals surface area contributed by atoms with Gasteiger partial charge in [0.05, 0.1) is 30.4 Å². The SMILES string of the molecule is [2H]c1c([2H])c([2H])c(-c2cccc(-c3c([2H])c([2H])c([2H])c([2H])c3[2H])c2-[n+]2[c-]n(-c3[c-]c(Oc4[c-]c5c(cc4)c4ccccc4n5-c4cc5c(cn4)-c4ccccc4C5(C)C)ccc3)c3ccccc32)c([2H])c1[2H].[Pt]. The van der Waals surface area contributed by atoms with Gasteiger partial charge in [-0.15, -0.1) is 29.7 Å². The van der Waals surface area contributed by atoms with Crippen LogP contribution in [0.4, 0.5) is 0 Å². The molecule has 3 aromatic heterocycles. The fourth-order valence-electron chi connectivity index (χ4n) is 8.98. The maximum Gasteiger partial charge on any atom is 0.268 e. The first-order valence-electron chi connectivity index (χ1n) is 25.1. The van der Waals surface area contributed by atoms with Gasteiger partial charge in [-0.1, -0.05) is 165 Å². The zero-order valence-electron chi connectivity index (χ0n) is 43.7. The summed E-state index contributed by atoms with van der Waals surface area (Å²) < 4.78 is 99.1. The van der Waals surface area contributed by atoms with Gasteiger partial charge >= 0.3 is 0 Å². The number of benzene rings is 8. The number of para-hydroxylation sites is 4. The normalized spacial score (nSPS) is 14.8. The summed E-state index contributed by atoms with van der Waals surface area (Å²) in [6, 6.07) is 41.9. The Morgan fingerprint density at radius 1 is 0.603 bits per heavy atom. The van der Waals surface area contributed by atoms with Crippen molar-refractivity contribution in [3.05, 3.63) is 224 Å². The maximum atomic E-state index is 9.02. The number of imidazole rings is 1. The zero-order chi connectivity index (χ0) is 50.1. The Bertz CT molecular complexity index is 4000. The molecule has 63 heavy (non-hydrogen) atoms. The van der Waals surface area contributed by atoms with Gasteiger partial charge in [0.1, 0.15) is 5.82 Å². The second-order valence-corrected chi connectivity index (χ2v) is 15.7. The summed E-state index contributed by atoms with van der Waals surface area (Å²) in [6.07, 6.45) is 5.38. The van der Waals surface area contributed by atoms with Crippen molar-refractivity contribution in [1.29, 1.82) is 0 Å². The van der Waals surface area contributed by atoms with Crippen LogP contribution in [0.5, 0.6) is 11.5 Å². The Labute approximate surface area is 394 Å². The van der Waals surface area contributed by atoms with Crippen LogP contribution in [-0.2, 0) is 26.5 Å². The molecule has 6 heteroatoms. The van der Waals surface area contributed by atoms with E-state index in [1.165, 1.54) is 16.7 Å².